The molecule has 2 aliphatic heterocycles. The molecule has 0 radical (unpaired) electrons. The molecule has 0 spiro atoms. The van der Waals surface area contributed by atoms with Crippen LogP contribution in [0.1, 0.15) is 12.5 Å². The van der Waals surface area contributed by atoms with Gasteiger partial charge in [-0.05, 0) is 83.8 Å². The Morgan fingerprint density at radius 3 is 2.31 bits per heavy atom. The number of hydrogen-bond acceptors (Lipinski definition) is 4. The van der Waals surface area contributed by atoms with Gasteiger partial charge in [0.25, 0.3) is 0 Å². The highest BCUT2D eigenvalue weighted by Crippen LogP contribution is 2.48. The SMILES string of the molecule is CC12C=CC=CC1Oc1cc(-c3ccc4c(c3)-c3ccc(-c5ccc6c(c5)oc5ccccc56)cc3OCO4)ccc12. The largest absolute Gasteiger partial charge is 0.485 e. The molecule has 0 fully saturated rings. The Hall–Kier alpha value is -5.22. The van der Waals surface area contributed by atoms with Crippen LogP contribution in [-0.4, -0.2) is 12.9 Å². The van der Waals surface area contributed by atoms with Crippen LogP contribution < -0.4 is 14.2 Å². The molecule has 0 bridgehead atoms. The lowest BCUT2D eigenvalue weighted by Gasteiger charge is -2.26. The van der Waals surface area contributed by atoms with E-state index >= 15 is 0 Å². The Morgan fingerprint density at radius 1 is 0.619 bits per heavy atom. The van der Waals surface area contributed by atoms with E-state index in [0.29, 0.717) is 0 Å². The van der Waals surface area contributed by atoms with E-state index in [4.69, 9.17) is 18.6 Å². The third-order valence-corrected chi connectivity index (χ3v) is 8.97. The van der Waals surface area contributed by atoms with Gasteiger partial charge >= 0.3 is 0 Å². The van der Waals surface area contributed by atoms with Gasteiger partial charge in [0.05, 0.1) is 5.41 Å². The fourth-order valence-corrected chi connectivity index (χ4v) is 6.65. The van der Waals surface area contributed by atoms with E-state index in [1.54, 1.807) is 0 Å². The molecule has 0 N–H and O–H groups in total. The van der Waals surface area contributed by atoms with Gasteiger partial charge in [-0.15, -0.1) is 0 Å². The number of allylic oxidation sites excluding steroid dienone is 2. The van der Waals surface area contributed by atoms with Crippen molar-refractivity contribution in [1.82, 2.24) is 0 Å². The summed E-state index contributed by atoms with van der Waals surface area (Å²) >= 11 is 0. The third kappa shape index (κ3) is 3.42. The summed E-state index contributed by atoms with van der Waals surface area (Å²) in [6.07, 6.45) is 8.58. The maximum atomic E-state index is 6.37. The second-order valence-electron chi connectivity index (χ2n) is 11.4. The summed E-state index contributed by atoms with van der Waals surface area (Å²) in [7, 11) is 0. The summed E-state index contributed by atoms with van der Waals surface area (Å²) in [5.74, 6) is 2.54. The molecule has 2 unspecified atom stereocenters. The standard InChI is InChI=1S/C38H26O4/c1-38-17-5-4-8-37(38)42-36-21-26(11-15-31(36)38)23-12-16-32-30(18-23)29-14-10-24(19-34(29)40-22-39-32)25-9-13-28-27-6-2-3-7-33(27)41-35(28)20-25/h2-21,37H,22H2,1H3. The fourth-order valence-electron chi connectivity index (χ4n) is 6.65. The Labute approximate surface area is 243 Å². The monoisotopic (exact) mass is 546 g/mol. The van der Waals surface area contributed by atoms with Gasteiger partial charge in [-0.3, -0.25) is 0 Å². The van der Waals surface area contributed by atoms with Gasteiger partial charge < -0.3 is 18.6 Å². The van der Waals surface area contributed by atoms with Crippen molar-refractivity contribution in [3.63, 3.8) is 0 Å². The van der Waals surface area contributed by atoms with E-state index < -0.39 is 0 Å². The molecule has 1 aromatic heterocycles. The van der Waals surface area contributed by atoms with Crippen LogP contribution in [0.25, 0.3) is 55.3 Å². The first-order valence-electron chi connectivity index (χ1n) is 14.3. The molecule has 5 aromatic carbocycles. The summed E-state index contributed by atoms with van der Waals surface area (Å²) in [6.45, 7) is 2.39. The fraction of sp³-hybridized carbons (Fsp3) is 0.105. The predicted molar refractivity (Wildman–Crippen MR) is 166 cm³/mol. The number of para-hydroxylation sites is 1. The lowest BCUT2D eigenvalue weighted by molar-refractivity contribution is 0.125. The van der Waals surface area contributed by atoms with Crippen LogP contribution in [0.2, 0.25) is 0 Å². The molecule has 1 aliphatic carbocycles. The van der Waals surface area contributed by atoms with Gasteiger partial charge in [-0.2, -0.15) is 0 Å². The van der Waals surface area contributed by atoms with Crippen molar-refractivity contribution in [2.45, 2.75) is 18.4 Å². The molecule has 9 rings (SSSR count). The van der Waals surface area contributed by atoms with E-state index in [9.17, 15) is 0 Å². The second kappa shape index (κ2) is 8.64. The van der Waals surface area contributed by atoms with Gasteiger partial charge in [0.1, 0.15) is 34.5 Å². The van der Waals surface area contributed by atoms with E-state index in [1.165, 1.54) is 5.56 Å². The molecule has 0 saturated carbocycles. The zero-order valence-corrected chi connectivity index (χ0v) is 23.0. The van der Waals surface area contributed by atoms with Crippen molar-refractivity contribution in [3.8, 4) is 50.6 Å². The first kappa shape index (κ1) is 23.5. The van der Waals surface area contributed by atoms with Crippen molar-refractivity contribution in [2.75, 3.05) is 6.79 Å². The van der Waals surface area contributed by atoms with Gasteiger partial charge in [0.2, 0.25) is 6.79 Å². The van der Waals surface area contributed by atoms with Gasteiger partial charge in [0, 0.05) is 27.5 Å². The number of fused-ring (bicyclic) bond motifs is 9. The Morgan fingerprint density at radius 2 is 1.36 bits per heavy atom. The quantitative estimate of drug-likeness (QED) is 0.217. The molecule has 3 aliphatic rings. The van der Waals surface area contributed by atoms with Crippen LogP contribution in [0.4, 0.5) is 0 Å². The minimum absolute atomic E-state index is 0.0268. The van der Waals surface area contributed by atoms with E-state index in [-0.39, 0.29) is 18.3 Å². The molecule has 6 aromatic rings. The van der Waals surface area contributed by atoms with Gasteiger partial charge in [0.15, 0.2) is 0 Å². The maximum absolute atomic E-state index is 6.37. The number of furan rings is 1. The Kier molecular flexibility index (Phi) is 4.83. The molecule has 4 heteroatoms. The van der Waals surface area contributed by atoms with Crippen molar-refractivity contribution in [1.29, 1.82) is 0 Å². The minimum atomic E-state index is -0.132. The van der Waals surface area contributed by atoms with Crippen LogP contribution in [0.5, 0.6) is 17.2 Å². The summed E-state index contributed by atoms with van der Waals surface area (Å²) in [4.78, 5) is 0. The average molecular weight is 547 g/mol. The molecule has 202 valence electrons. The van der Waals surface area contributed by atoms with E-state index in [2.05, 4.69) is 104 Å². The zero-order chi connectivity index (χ0) is 27.8. The summed E-state index contributed by atoms with van der Waals surface area (Å²) in [6, 6.07) is 33.8. The van der Waals surface area contributed by atoms with Crippen molar-refractivity contribution in [2.24, 2.45) is 0 Å². The first-order valence-corrected chi connectivity index (χ1v) is 14.3. The minimum Gasteiger partial charge on any atom is -0.485 e. The highest BCUT2D eigenvalue weighted by molar-refractivity contribution is 6.05. The van der Waals surface area contributed by atoms with Crippen LogP contribution >= 0.6 is 0 Å². The lowest BCUT2D eigenvalue weighted by Crippen LogP contribution is -2.32. The molecule has 3 heterocycles. The van der Waals surface area contributed by atoms with Crippen molar-refractivity contribution < 1.29 is 18.6 Å². The topological polar surface area (TPSA) is 40.8 Å². The van der Waals surface area contributed by atoms with Crippen molar-refractivity contribution >= 4 is 21.9 Å². The van der Waals surface area contributed by atoms with Crippen molar-refractivity contribution in [3.05, 3.63) is 127 Å². The highest BCUT2D eigenvalue weighted by atomic mass is 16.7. The van der Waals surface area contributed by atoms with Crippen LogP contribution in [0.3, 0.4) is 0 Å². The Balaban J connectivity index is 1.10. The van der Waals surface area contributed by atoms with E-state index in [0.717, 1.165) is 72.6 Å². The molecule has 42 heavy (non-hydrogen) atoms. The molecule has 4 nitrogen and oxygen atoms in total. The Bertz CT molecular complexity index is 2130. The normalized spacial score (nSPS) is 19.7. The average Bonchev–Trinajstić information content (AvgIpc) is 3.48. The maximum Gasteiger partial charge on any atom is 0.230 e. The number of ether oxygens (including phenoxy) is 3. The summed E-state index contributed by atoms with van der Waals surface area (Å²) in [5, 5.41) is 2.25. The smallest absolute Gasteiger partial charge is 0.230 e. The molecular formula is C38H26O4. The third-order valence-electron chi connectivity index (χ3n) is 8.97. The molecule has 0 saturated heterocycles. The van der Waals surface area contributed by atoms with Gasteiger partial charge in [-0.1, -0.05) is 66.8 Å². The highest BCUT2D eigenvalue weighted by Gasteiger charge is 2.43. The lowest BCUT2D eigenvalue weighted by atomic mass is 9.76. The predicted octanol–water partition coefficient (Wildman–Crippen LogP) is 9.46. The molecule has 0 amide bonds. The van der Waals surface area contributed by atoms with Crippen LogP contribution in [-0.2, 0) is 5.41 Å². The number of rotatable bonds is 2. The number of hydrogen-bond donors (Lipinski definition) is 0. The van der Waals surface area contributed by atoms with E-state index in [1.807, 2.05) is 24.3 Å². The molecule has 2 atom stereocenters. The first-order chi connectivity index (χ1) is 20.6. The van der Waals surface area contributed by atoms with Gasteiger partial charge in [-0.25, -0.2) is 0 Å². The zero-order valence-electron chi connectivity index (χ0n) is 23.0. The number of benzene rings is 5. The summed E-state index contributed by atoms with van der Waals surface area (Å²) in [5.41, 5.74) is 9.22. The molecular weight excluding hydrogens is 520 g/mol. The summed E-state index contributed by atoms with van der Waals surface area (Å²) < 4.78 is 24.7. The second-order valence-corrected chi connectivity index (χ2v) is 11.4. The van der Waals surface area contributed by atoms with Crippen LogP contribution in [0.15, 0.2) is 126 Å². The van der Waals surface area contributed by atoms with Crippen LogP contribution in [0, 0.1) is 0 Å².